The highest BCUT2D eigenvalue weighted by Crippen LogP contribution is 2.32. The van der Waals surface area contributed by atoms with Gasteiger partial charge >= 0.3 is 0 Å². The van der Waals surface area contributed by atoms with Gasteiger partial charge < -0.3 is 5.32 Å². The number of anilines is 1. The maximum Gasteiger partial charge on any atom is 0.267 e. The van der Waals surface area contributed by atoms with E-state index in [4.69, 9.17) is 5.21 Å². The van der Waals surface area contributed by atoms with E-state index in [0.717, 1.165) is 30.9 Å². The van der Waals surface area contributed by atoms with E-state index in [1.165, 1.54) is 17.2 Å². The van der Waals surface area contributed by atoms with Crippen LogP contribution in [-0.2, 0) is 4.79 Å². The summed E-state index contributed by atoms with van der Waals surface area (Å²) < 4.78 is 0. The molecule has 1 amide bonds. The van der Waals surface area contributed by atoms with Crippen molar-refractivity contribution in [2.75, 3.05) is 18.4 Å². The molecule has 3 N–H and O–H groups in total. The van der Waals surface area contributed by atoms with Crippen LogP contribution < -0.4 is 10.8 Å². The molecule has 1 aliphatic heterocycles. The number of hydrogen-bond donors (Lipinski definition) is 3. The van der Waals surface area contributed by atoms with Gasteiger partial charge in [-0.25, -0.2) is 10.5 Å². The molecule has 0 spiro atoms. The van der Waals surface area contributed by atoms with E-state index in [2.05, 4.69) is 75.9 Å². The van der Waals surface area contributed by atoms with Crippen LogP contribution in [0.25, 0.3) is 6.08 Å². The number of benzene rings is 2. The molecule has 0 aliphatic carbocycles. The summed E-state index contributed by atoms with van der Waals surface area (Å²) in [6, 6.07) is 25.6. The van der Waals surface area contributed by atoms with E-state index in [1.807, 2.05) is 12.1 Å². The second kappa shape index (κ2) is 10.0. The highest BCUT2D eigenvalue weighted by molar-refractivity contribution is 5.90. The molecule has 3 aromatic rings. The number of hydrogen-bond acceptors (Lipinski definition) is 5. The topological polar surface area (TPSA) is 77.5 Å². The van der Waals surface area contributed by atoms with Gasteiger partial charge in [-0.1, -0.05) is 60.7 Å². The number of carbonyl (C=O) groups is 1. The number of likely N-dealkylation sites (tertiary alicyclic amines) is 1. The van der Waals surface area contributed by atoms with Crippen LogP contribution >= 0.6 is 0 Å². The van der Waals surface area contributed by atoms with Crippen molar-refractivity contribution in [2.45, 2.75) is 18.5 Å². The van der Waals surface area contributed by atoms with Crippen molar-refractivity contribution in [3.8, 4) is 0 Å². The molecule has 6 heteroatoms. The van der Waals surface area contributed by atoms with Crippen LogP contribution in [0.1, 0.15) is 29.2 Å². The van der Waals surface area contributed by atoms with E-state index in [-0.39, 0.29) is 6.04 Å². The van der Waals surface area contributed by atoms with Gasteiger partial charge in [-0.3, -0.25) is 14.9 Å². The second-order valence-corrected chi connectivity index (χ2v) is 7.63. The molecular weight excluding hydrogens is 388 g/mol. The predicted molar refractivity (Wildman–Crippen MR) is 122 cm³/mol. The summed E-state index contributed by atoms with van der Waals surface area (Å²) in [5, 5.41) is 12.1. The Morgan fingerprint density at radius 1 is 1.03 bits per heavy atom. The molecule has 0 radical (unpaired) electrons. The summed E-state index contributed by atoms with van der Waals surface area (Å²) in [5.74, 6) is 0.242. The number of carbonyl (C=O) groups excluding carboxylic acids is 1. The number of hydroxylamine groups is 1. The van der Waals surface area contributed by atoms with Crippen molar-refractivity contribution in [1.82, 2.24) is 15.4 Å². The molecule has 0 unspecified atom stereocenters. The van der Waals surface area contributed by atoms with Crippen molar-refractivity contribution < 1.29 is 10.0 Å². The van der Waals surface area contributed by atoms with Crippen molar-refractivity contribution in [1.29, 1.82) is 0 Å². The van der Waals surface area contributed by atoms with Gasteiger partial charge in [0.2, 0.25) is 0 Å². The number of pyridine rings is 1. The van der Waals surface area contributed by atoms with E-state index >= 15 is 0 Å². The van der Waals surface area contributed by atoms with Crippen LogP contribution in [0.3, 0.4) is 0 Å². The van der Waals surface area contributed by atoms with E-state index in [1.54, 1.807) is 17.8 Å². The Hall–Kier alpha value is -3.48. The van der Waals surface area contributed by atoms with E-state index in [0.29, 0.717) is 6.04 Å². The molecule has 0 saturated carbocycles. The zero-order valence-electron chi connectivity index (χ0n) is 17.2. The summed E-state index contributed by atoms with van der Waals surface area (Å²) >= 11 is 0. The molecule has 1 aromatic heterocycles. The first kappa shape index (κ1) is 20.8. The lowest BCUT2D eigenvalue weighted by atomic mass is 9.97. The van der Waals surface area contributed by atoms with Gasteiger partial charge in [-0.15, -0.1) is 0 Å². The molecule has 1 saturated heterocycles. The van der Waals surface area contributed by atoms with Gasteiger partial charge in [0.25, 0.3) is 5.91 Å². The highest BCUT2D eigenvalue weighted by atomic mass is 16.5. The van der Waals surface area contributed by atoms with Crippen LogP contribution in [0.5, 0.6) is 0 Å². The lowest BCUT2D eigenvalue weighted by Gasteiger charge is -2.29. The van der Waals surface area contributed by atoms with E-state index < -0.39 is 5.91 Å². The molecule has 158 valence electrons. The van der Waals surface area contributed by atoms with Crippen molar-refractivity contribution in [3.05, 3.63) is 102 Å². The van der Waals surface area contributed by atoms with Crippen LogP contribution in [0.15, 0.2) is 85.1 Å². The lowest BCUT2D eigenvalue weighted by Crippen LogP contribution is -2.30. The number of nitrogens with one attached hydrogen (secondary N) is 2. The van der Waals surface area contributed by atoms with Crippen LogP contribution in [0, 0.1) is 0 Å². The minimum absolute atomic E-state index is 0.229. The van der Waals surface area contributed by atoms with Gasteiger partial charge in [0.15, 0.2) is 0 Å². The molecule has 1 aliphatic rings. The zero-order valence-corrected chi connectivity index (χ0v) is 17.2. The zero-order chi connectivity index (χ0) is 21.5. The van der Waals surface area contributed by atoms with Crippen LogP contribution in [0.2, 0.25) is 0 Å². The van der Waals surface area contributed by atoms with Crippen LogP contribution in [-0.4, -0.2) is 40.1 Å². The van der Waals surface area contributed by atoms with Gasteiger partial charge in [0.05, 0.1) is 6.04 Å². The van der Waals surface area contributed by atoms with Crippen molar-refractivity contribution in [3.63, 3.8) is 0 Å². The molecule has 0 bridgehead atoms. The summed E-state index contributed by atoms with van der Waals surface area (Å²) in [6.07, 6.45) is 5.60. The number of rotatable bonds is 7. The third-order valence-electron chi connectivity index (χ3n) is 5.49. The summed E-state index contributed by atoms with van der Waals surface area (Å²) in [4.78, 5) is 18.1. The molecule has 1 fully saturated rings. The van der Waals surface area contributed by atoms with Gasteiger partial charge in [0, 0.05) is 31.4 Å². The summed E-state index contributed by atoms with van der Waals surface area (Å²) in [7, 11) is 0. The normalized spacial score (nSPS) is 16.6. The number of aromatic nitrogens is 1. The number of nitrogens with zero attached hydrogens (tertiary/aromatic N) is 2. The van der Waals surface area contributed by atoms with E-state index in [9.17, 15) is 4.79 Å². The number of amides is 1. The Morgan fingerprint density at radius 3 is 2.29 bits per heavy atom. The molecule has 31 heavy (non-hydrogen) atoms. The minimum Gasteiger partial charge on any atom is -0.366 e. The molecule has 2 aromatic carbocycles. The average molecular weight is 415 g/mol. The Labute approximate surface area is 182 Å². The quantitative estimate of drug-likeness (QED) is 0.311. The highest BCUT2D eigenvalue weighted by Gasteiger charge is 2.30. The Morgan fingerprint density at radius 2 is 1.71 bits per heavy atom. The summed E-state index contributed by atoms with van der Waals surface area (Å²) in [6.45, 7) is 1.93. The van der Waals surface area contributed by atoms with Crippen molar-refractivity contribution in [2.24, 2.45) is 0 Å². The van der Waals surface area contributed by atoms with Crippen LogP contribution in [0.4, 0.5) is 5.82 Å². The second-order valence-electron chi connectivity index (χ2n) is 7.63. The molecule has 4 rings (SSSR count). The Balaban J connectivity index is 1.43. The minimum atomic E-state index is -0.570. The summed E-state index contributed by atoms with van der Waals surface area (Å²) in [5.41, 5.74) is 4.96. The standard InChI is InChI=1S/C25H26N4O2/c30-24(28-31)14-12-19-11-13-23(26-17-19)27-22-15-16-29(18-22)25(20-7-3-1-4-8-20)21-9-5-2-6-10-21/h1-14,17,22,25,31H,15-16,18H2,(H,26,27)(H,28,30)/b14-12+/t22-/m1/s1. The Kier molecular flexibility index (Phi) is 6.72. The molecule has 1 atom stereocenters. The predicted octanol–water partition coefficient (Wildman–Crippen LogP) is 3.88. The maximum atomic E-state index is 11.1. The SMILES string of the molecule is O=C(/C=C/c1ccc(N[C@@H]2CCN(C(c3ccccc3)c3ccccc3)C2)nc1)NO. The largest absolute Gasteiger partial charge is 0.366 e. The first-order valence-electron chi connectivity index (χ1n) is 10.4. The van der Waals surface area contributed by atoms with Gasteiger partial charge in [-0.05, 0) is 41.3 Å². The third kappa shape index (κ3) is 5.36. The first-order valence-corrected chi connectivity index (χ1v) is 10.4. The van der Waals surface area contributed by atoms with Gasteiger partial charge in [0.1, 0.15) is 5.82 Å². The molecule has 6 nitrogen and oxygen atoms in total. The third-order valence-corrected chi connectivity index (χ3v) is 5.49. The van der Waals surface area contributed by atoms with Gasteiger partial charge in [-0.2, -0.15) is 0 Å². The fraction of sp³-hybridized carbons (Fsp3) is 0.200. The smallest absolute Gasteiger partial charge is 0.267 e. The molecular formula is C25H26N4O2. The van der Waals surface area contributed by atoms with Crippen molar-refractivity contribution >= 4 is 17.8 Å². The molecule has 2 heterocycles. The lowest BCUT2D eigenvalue weighted by molar-refractivity contribution is -0.124. The average Bonchev–Trinajstić information content (AvgIpc) is 3.27. The Bertz CT molecular complexity index is 967. The fourth-order valence-electron chi connectivity index (χ4n) is 4.03. The maximum absolute atomic E-state index is 11.1. The fourth-order valence-corrected chi connectivity index (χ4v) is 4.03. The monoisotopic (exact) mass is 414 g/mol. The first-order chi connectivity index (χ1) is 15.2.